The smallest absolute Gasteiger partial charge is 0.306 e. The van der Waals surface area contributed by atoms with E-state index in [1.54, 1.807) is 12.1 Å². The lowest BCUT2D eigenvalue weighted by Gasteiger charge is -2.14. The number of anilines is 1. The first-order valence-corrected chi connectivity index (χ1v) is 6.64. The molecule has 0 aromatic carbocycles. The molecule has 0 unspecified atom stereocenters. The molecule has 6 heteroatoms. The number of carboxylic acids is 1. The maximum Gasteiger partial charge on any atom is 0.306 e. The summed E-state index contributed by atoms with van der Waals surface area (Å²) in [6.45, 7) is 0. The SMILES string of the molecule is CN(C)c1ccc(C(=O)N[C@H]2CC[C@@H](C(=O)O)C2)cn1. The monoisotopic (exact) mass is 277 g/mol. The number of aliphatic carboxylic acids is 1. The summed E-state index contributed by atoms with van der Waals surface area (Å²) >= 11 is 0. The molecule has 108 valence electrons. The van der Waals surface area contributed by atoms with E-state index in [2.05, 4.69) is 10.3 Å². The Hall–Kier alpha value is -2.11. The maximum absolute atomic E-state index is 12.0. The van der Waals surface area contributed by atoms with Gasteiger partial charge in [0, 0.05) is 26.3 Å². The van der Waals surface area contributed by atoms with E-state index in [1.165, 1.54) is 6.20 Å². The number of hydrogen-bond acceptors (Lipinski definition) is 4. The Morgan fingerprint density at radius 2 is 2.10 bits per heavy atom. The Morgan fingerprint density at radius 1 is 1.35 bits per heavy atom. The van der Waals surface area contributed by atoms with Crippen molar-refractivity contribution in [1.82, 2.24) is 10.3 Å². The van der Waals surface area contributed by atoms with Crippen LogP contribution in [0.1, 0.15) is 29.6 Å². The molecule has 2 rings (SSSR count). The van der Waals surface area contributed by atoms with Crippen molar-refractivity contribution in [2.45, 2.75) is 25.3 Å². The average Bonchev–Trinajstić information content (AvgIpc) is 2.87. The first-order chi connectivity index (χ1) is 9.47. The van der Waals surface area contributed by atoms with Gasteiger partial charge in [0.2, 0.25) is 0 Å². The van der Waals surface area contributed by atoms with Gasteiger partial charge in [0.1, 0.15) is 5.82 Å². The lowest BCUT2D eigenvalue weighted by Crippen LogP contribution is -2.33. The van der Waals surface area contributed by atoms with Gasteiger partial charge in [0.05, 0.1) is 11.5 Å². The third kappa shape index (κ3) is 3.26. The Morgan fingerprint density at radius 3 is 2.60 bits per heavy atom. The molecule has 6 nitrogen and oxygen atoms in total. The quantitative estimate of drug-likeness (QED) is 0.862. The minimum Gasteiger partial charge on any atom is -0.481 e. The molecular formula is C14H19N3O3. The van der Waals surface area contributed by atoms with E-state index in [1.807, 2.05) is 19.0 Å². The van der Waals surface area contributed by atoms with Crippen molar-refractivity contribution in [2.24, 2.45) is 5.92 Å². The third-order valence-electron chi connectivity index (χ3n) is 3.59. The predicted molar refractivity (Wildman–Crippen MR) is 74.8 cm³/mol. The van der Waals surface area contributed by atoms with E-state index in [0.717, 1.165) is 5.82 Å². The second-order valence-corrected chi connectivity index (χ2v) is 5.32. The average molecular weight is 277 g/mol. The zero-order chi connectivity index (χ0) is 14.7. The molecule has 1 amide bonds. The Kier molecular flexibility index (Phi) is 4.22. The number of rotatable bonds is 4. The van der Waals surface area contributed by atoms with Crippen LogP contribution in [-0.2, 0) is 4.79 Å². The van der Waals surface area contributed by atoms with Crippen LogP contribution in [0, 0.1) is 5.92 Å². The summed E-state index contributed by atoms with van der Waals surface area (Å²) in [5.74, 6) is -0.527. The van der Waals surface area contributed by atoms with Crippen molar-refractivity contribution in [1.29, 1.82) is 0 Å². The van der Waals surface area contributed by atoms with Gasteiger partial charge in [-0.3, -0.25) is 9.59 Å². The minimum absolute atomic E-state index is 0.0582. The minimum atomic E-state index is -0.779. The van der Waals surface area contributed by atoms with Crippen molar-refractivity contribution in [3.63, 3.8) is 0 Å². The molecule has 1 aliphatic carbocycles. The molecule has 2 N–H and O–H groups in total. The lowest BCUT2D eigenvalue weighted by atomic mass is 10.1. The maximum atomic E-state index is 12.0. The first kappa shape index (κ1) is 14.3. The zero-order valence-electron chi connectivity index (χ0n) is 11.7. The fourth-order valence-corrected chi connectivity index (χ4v) is 2.39. The predicted octanol–water partition coefficient (Wildman–Crippen LogP) is 1.13. The van der Waals surface area contributed by atoms with E-state index in [4.69, 9.17) is 5.11 Å². The van der Waals surface area contributed by atoms with Gasteiger partial charge in [0.15, 0.2) is 0 Å². The number of amides is 1. The number of pyridine rings is 1. The summed E-state index contributed by atoms with van der Waals surface area (Å²) in [6.07, 6.45) is 3.38. The lowest BCUT2D eigenvalue weighted by molar-refractivity contribution is -0.141. The van der Waals surface area contributed by atoms with E-state index >= 15 is 0 Å². The molecule has 0 saturated heterocycles. The fourth-order valence-electron chi connectivity index (χ4n) is 2.39. The molecule has 20 heavy (non-hydrogen) atoms. The highest BCUT2D eigenvalue weighted by Crippen LogP contribution is 2.25. The Bertz CT molecular complexity index is 499. The first-order valence-electron chi connectivity index (χ1n) is 6.64. The standard InChI is InChI=1S/C14H19N3O3/c1-17(2)12-6-4-10(8-15-12)13(18)16-11-5-3-9(7-11)14(19)20/h4,6,8-9,11H,3,5,7H2,1-2H3,(H,16,18)(H,19,20)/t9-,11+/m1/s1. The van der Waals surface area contributed by atoms with Crippen molar-refractivity contribution in [3.8, 4) is 0 Å². The van der Waals surface area contributed by atoms with Crippen LogP contribution in [0.25, 0.3) is 0 Å². The molecule has 1 saturated carbocycles. The number of carboxylic acid groups (broad SMARTS) is 1. The van der Waals surface area contributed by atoms with Gasteiger partial charge in [-0.25, -0.2) is 4.98 Å². The fraction of sp³-hybridized carbons (Fsp3) is 0.500. The normalized spacial score (nSPS) is 21.5. The van der Waals surface area contributed by atoms with Gasteiger partial charge >= 0.3 is 5.97 Å². The van der Waals surface area contributed by atoms with Crippen LogP contribution in [0.2, 0.25) is 0 Å². The van der Waals surface area contributed by atoms with E-state index in [-0.39, 0.29) is 17.9 Å². The molecule has 0 aliphatic heterocycles. The van der Waals surface area contributed by atoms with Crippen molar-refractivity contribution < 1.29 is 14.7 Å². The molecule has 1 aromatic rings. The molecule has 0 bridgehead atoms. The van der Waals surface area contributed by atoms with Crippen LogP contribution in [0.5, 0.6) is 0 Å². The third-order valence-corrected chi connectivity index (χ3v) is 3.59. The van der Waals surface area contributed by atoms with Crippen molar-refractivity contribution in [3.05, 3.63) is 23.9 Å². The summed E-state index contributed by atoms with van der Waals surface area (Å²) in [5, 5.41) is 11.8. The Labute approximate surface area is 117 Å². The van der Waals surface area contributed by atoms with Crippen molar-refractivity contribution in [2.75, 3.05) is 19.0 Å². The molecule has 1 aromatic heterocycles. The van der Waals surface area contributed by atoms with Gasteiger partial charge in [-0.05, 0) is 31.4 Å². The molecule has 0 spiro atoms. The van der Waals surface area contributed by atoms with E-state index in [0.29, 0.717) is 24.8 Å². The van der Waals surface area contributed by atoms with Gasteiger partial charge in [-0.1, -0.05) is 0 Å². The molecule has 2 atom stereocenters. The molecule has 1 heterocycles. The number of nitrogens with zero attached hydrogens (tertiary/aromatic N) is 2. The van der Waals surface area contributed by atoms with Gasteiger partial charge in [0.25, 0.3) is 5.91 Å². The van der Waals surface area contributed by atoms with Crippen LogP contribution < -0.4 is 10.2 Å². The highest BCUT2D eigenvalue weighted by molar-refractivity contribution is 5.94. The van der Waals surface area contributed by atoms with Gasteiger partial charge in [-0.15, -0.1) is 0 Å². The highest BCUT2D eigenvalue weighted by Gasteiger charge is 2.30. The summed E-state index contributed by atoms with van der Waals surface area (Å²) in [5.41, 5.74) is 0.495. The van der Waals surface area contributed by atoms with Crippen LogP contribution in [0.3, 0.4) is 0 Å². The number of carbonyl (C=O) groups is 2. The molecule has 0 radical (unpaired) electrons. The number of aromatic nitrogens is 1. The van der Waals surface area contributed by atoms with Crippen LogP contribution in [0.15, 0.2) is 18.3 Å². The summed E-state index contributed by atoms with van der Waals surface area (Å²) in [6, 6.07) is 3.45. The van der Waals surface area contributed by atoms with Crippen molar-refractivity contribution >= 4 is 17.7 Å². The van der Waals surface area contributed by atoms with Gasteiger partial charge in [-0.2, -0.15) is 0 Å². The van der Waals surface area contributed by atoms with Crippen LogP contribution >= 0.6 is 0 Å². The number of nitrogens with one attached hydrogen (secondary N) is 1. The largest absolute Gasteiger partial charge is 0.481 e. The zero-order valence-corrected chi connectivity index (χ0v) is 11.7. The highest BCUT2D eigenvalue weighted by atomic mass is 16.4. The van der Waals surface area contributed by atoms with E-state index < -0.39 is 5.97 Å². The summed E-state index contributed by atoms with van der Waals surface area (Å²) < 4.78 is 0. The van der Waals surface area contributed by atoms with Crippen LogP contribution in [0.4, 0.5) is 5.82 Å². The summed E-state index contributed by atoms with van der Waals surface area (Å²) in [4.78, 5) is 29.0. The van der Waals surface area contributed by atoms with E-state index in [9.17, 15) is 9.59 Å². The molecular weight excluding hydrogens is 258 g/mol. The second kappa shape index (κ2) is 5.90. The summed E-state index contributed by atoms with van der Waals surface area (Å²) in [7, 11) is 3.76. The number of carbonyl (C=O) groups excluding carboxylic acids is 1. The Balaban J connectivity index is 1.94. The van der Waals surface area contributed by atoms with Gasteiger partial charge < -0.3 is 15.3 Å². The molecule has 1 aliphatic rings. The second-order valence-electron chi connectivity index (χ2n) is 5.32. The molecule has 1 fully saturated rings. The number of hydrogen-bond donors (Lipinski definition) is 2. The topological polar surface area (TPSA) is 82.5 Å². The van der Waals surface area contributed by atoms with Crippen LogP contribution in [-0.4, -0.2) is 42.1 Å².